The van der Waals surface area contributed by atoms with Gasteiger partial charge >= 0.3 is 58.4 Å². The fourth-order valence-corrected chi connectivity index (χ4v) is 0.986. The van der Waals surface area contributed by atoms with Gasteiger partial charge in [0, 0.05) is 0 Å². The van der Waals surface area contributed by atoms with Gasteiger partial charge in [0.2, 0.25) is 0 Å². The Morgan fingerprint density at radius 2 is 1.88 bits per heavy atom. The van der Waals surface area contributed by atoms with E-state index in [1.807, 2.05) is 0 Å². The molecule has 0 N–H and O–H groups in total. The van der Waals surface area contributed by atoms with Gasteiger partial charge in [-0.15, -0.1) is 5.98 Å². The number of benzene rings is 1. The summed E-state index contributed by atoms with van der Waals surface area (Å²) in [5.41, 5.74) is -0.0654. The van der Waals surface area contributed by atoms with Crippen LogP contribution in [-0.2, 0) is 0 Å². The quantitative estimate of drug-likeness (QED) is 0.541. The minimum atomic E-state index is -5.07. The topological polar surface area (TPSA) is 23.8 Å². The summed E-state index contributed by atoms with van der Waals surface area (Å²) < 4.78 is 48.3. The van der Waals surface area contributed by atoms with E-state index in [-0.39, 0.29) is 68.5 Å². The van der Waals surface area contributed by atoms with Gasteiger partial charge in [-0.2, -0.15) is 5.26 Å². The Bertz CT molecular complexity index is 436. The predicted molar refractivity (Wildman–Crippen MR) is 49.2 cm³/mol. The van der Waals surface area contributed by atoms with Gasteiger partial charge in [0.05, 0.1) is 11.6 Å². The molecule has 1 aromatic carbocycles. The van der Waals surface area contributed by atoms with Crippen molar-refractivity contribution in [3.63, 3.8) is 0 Å². The van der Waals surface area contributed by atoms with Gasteiger partial charge < -0.3 is 12.9 Å². The number of hydrogen-bond acceptors (Lipinski definition) is 1. The van der Waals surface area contributed by atoms with Crippen LogP contribution in [-0.4, -0.2) is 6.98 Å². The molecule has 0 atom stereocenters. The molecule has 7 heteroatoms. The summed E-state index contributed by atoms with van der Waals surface area (Å²) in [6.45, 7) is -5.07. The second-order valence-electron chi connectivity index (χ2n) is 2.83. The minimum absolute atomic E-state index is 0. The van der Waals surface area contributed by atoms with Gasteiger partial charge in [0.15, 0.2) is 0 Å². The van der Waals surface area contributed by atoms with Gasteiger partial charge in [-0.1, -0.05) is 6.08 Å². The number of halogens is 4. The van der Waals surface area contributed by atoms with E-state index in [2.05, 4.69) is 0 Å². The first-order valence-electron chi connectivity index (χ1n) is 4.01. The smallest absolute Gasteiger partial charge is 0.445 e. The molecule has 0 aliphatic carbocycles. The molecule has 0 aliphatic heterocycles. The molecular formula is C9H5BF4KN. The van der Waals surface area contributed by atoms with Crippen molar-refractivity contribution in [3.8, 4) is 6.07 Å². The van der Waals surface area contributed by atoms with E-state index in [1.165, 1.54) is 0 Å². The normalized spacial score (nSPS) is 10.9. The van der Waals surface area contributed by atoms with Crippen LogP contribution in [0.5, 0.6) is 0 Å². The molecule has 1 aromatic rings. The van der Waals surface area contributed by atoms with Crippen molar-refractivity contribution in [1.29, 1.82) is 5.26 Å². The van der Waals surface area contributed by atoms with E-state index in [0.29, 0.717) is 6.08 Å². The van der Waals surface area contributed by atoms with E-state index in [1.54, 1.807) is 6.07 Å². The predicted octanol–water partition coefficient (Wildman–Crippen LogP) is 0.101. The Labute approximate surface area is 133 Å². The molecule has 0 saturated carbocycles. The maximum atomic E-state index is 12.7. The molecular weight excluding hydrogens is 248 g/mol. The Morgan fingerprint density at radius 3 is 2.38 bits per heavy atom. The van der Waals surface area contributed by atoms with Gasteiger partial charge in [0.1, 0.15) is 5.82 Å². The maximum absolute atomic E-state index is 12.7. The van der Waals surface area contributed by atoms with Crippen LogP contribution in [0.3, 0.4) is 0 Å². The number of nitrogens with zero attached hydrogens (tertiary/aromatic N) is 1. The van der Waals surface area contributed by atoms with Crippen LogP contribution in [0.4, 0.5) is 17.3 Å². The average molecular weight is 253 g/mol. The van der Waals surface area contributed by atoms with E-state index in [4.69, 9.17) is 5.26 Å². The standard InChI is InChI=1S/C9H5BF4N.K/c11-9-2-1-8(6-15)7(5-9)3-4-10(12,13)14;/h1-5H;/q-1;+1/b4-3+;. The van der Waals surface area contributed by atoms with Crippen molar-refractivity contribution in [2.24, 2.45) is 0 Å². The van der Waals surface area contributed by atoms with Crippen LogP contribution in [0.25, 0.3) is 6.08 Å². The molecule has 0 aromatic heterocycles. The first-order chi connectivity index (χ1) is 6.92. The maximum Gasteiger partial charge on any atom is 1.00 e. The fourth-order valence-electron chi connectivity index (χ4n) is 0.986. The molecule has 0 fully saturated rings. The second kappa shape index (κ2) is 6.57. The van der Waals surface area contributed by atoms with Crippen molar-refractivity contribution >= 4 is 13.1 Å². The van der Waals surface area contributed by atoms with Crippen LogP contribution < -0.4 is 51.4 Å². The van der Waals surface area contributed by atoms with Crippen molar-refractivity contribution in [3.05, 3.63) is 41.1 Å². The van der Waals surface area contributed by atoms with E-state index in [9.17, 15) is 17.3 Å². The van der Waals surface area contributed by atoms with E-state index >= 15 is 0 Å². The summed E-state index contributed by atoms with van der Waals surface area (Å²) in [4.78, 5) is 0. The largest absolute Gasteiger partial charge is 1.00 e. The van der Waals surface area contributed by atoms with Gasteiger partial charge in [-0.05, 0) is 23.8 Å². The Balaban J connectivity index is 0.00000225. The monoisotopic (exact) mass is 253 g/mol. The summed E-state index contributed by atoms with van der Waals surface area (Å²) in [6, 6.07) is 4.73. The van der Waals surface area contributed by atoms with Crippen LogP contribution in [0.2, 0.25) is 0 Å². The van der Waals surface area contributed by atoms with Crippen molar-refractivity contribution < 1.29 is 68.7 Å². The molecule has 1 rings (SSSR count). The molecule has 0 heterocycles. The third-order valence-electron chi connectivity index (χ3n) is 1.63. The van der Waals surface area contributed by atoms with Crippen LogP contribution >= 0.6 is 0 Å². The summed E-state index contributed by atoms with van der Waals surface area (Å²) >= 11 is 0. The van der Waals surface area contributed by atoms with Crippen LogP contribution in [0, 0.1) is 17.1 Å². The Hall–Kier alpha value is -0.129. The summed E-state index contributed by atoms with van der Waals surface area (Å²) in [5, 5.41) is 8.56. The van der Waals surface area contributed by atoms with Crippen molar-refractivity contribution in [2.45, 2.75) is 0 Å². The molecule has 1 nitrogen and oxygen atoms in total. The van der Waals surface area contributed by atoms with E-state index < -0.39 is 12.8 Å². The Morgan fingerprint density at radius 1 is 1.25 bits per heavy atom. The molecule has 0 radical (unpaired) electrons. The molecule has 0 aliphatic rings. The number of nitriles is 1. The third kappa shape index (κ3) is 5.28. The Kier molecular flexibility index (Phi) is 6.52. The molecule has 0 bridgehead atoms. The third-order valence-corrected chi connectivity index (χ3v) is 1.63. The summed E-state index contributed by atoms with van der Waals surface area (Å²) in [6.07, 6.45) is 0.696. The molecule has 16 heavy (non-hydrogen) atoms. The fraction of sp³-hybridized carbons (Fsp3) is 0. The van der Waals surface area contributed by atoms with E-state index in [0.717, 1.165) is 18.2 Å². The zero-order chi connectivity index (χ0) is 11.5. The van der Waals surface area contributed by atoms with Crippen molar-refractivity contribution in [2.75, 3.05) is 0 Å². The zero-order valence-corrected chi connectivity index (χ0v) is 11.5. The number of hydrogen-bond donors (Lipinski definition) is 0. The minimum Gasteiger partial charge on any atom is -0.445 e. The summed E-state index contributed by atoms with van der Waals surface area (Å²) in [7, 11) is 0. The SMILES string of the molecule is N#Cc1ccc(F)cc1/C=C/[B-](F)(F)F.[K+]. The second-order valence-corrected chi connectivity index (χ2v) is 2.83. The van der Waals surface area contributed by atoms with Crippen LogP contribution in [0.1, 0.15) is 11.1 Å². The summed E-state index contributed by atoms with van der Waals surface area (Å²) in [5.74, 6) is -0.654. The molecule has 0 saturated heterocycles. The molecule has 78 valence electrons. The number of rotatable bonds is 2. The molecule has 0 amide bonds. The zero-order valence-electron chi connectivity index (χ0n) is 8.42. The first-order valence-corrected chi connectivity index (χ1v) is 4.01. The van der Waals surface area contributed by atoms with Gasteiger partial charge in [-0.3, -0.25) is 0 Å². The average Bonchev–Trinajstić information content (AvgIpc) is 2.14. The van der Waals surface area contributed by atoms with Crippen LogP contribution in [0.15, 0.2) is 24.2 Å². The molecule has 0 spiro atoms. The van der Waals surface area contributed by atoms with Gasteiger partial charge in [0.25, 0.3) is 0 Å². The first kappa shape index (κ1) is 15.9. The van der Waals surface area contributed by atoms with Crippen molar-refractivity contribution in [1.82, 2.24) is 0 Å². The van der Waals surface area contributed by atoms with Gasteiger partial charge in [-0.25, -0.2) is 4.39 Å². The molecule has 0 unspecified atom stereocenters.